The van der Waals surface area contributed by atoms with Gasteiger partial charge in [-0.1, -0.05) is 30.3 Å². The molecule has 5 nitrogen and oxygen atoms in total. The van der Waals surface area contributed by atoms with E-state index in [2.05, 4.69) is 17.1 Å². The summed E-state index contributed by atoms with van der Waals surface area (Å²) in [4.78, 5) is 29.3. The first-order valence-corrected chi connectivity index (χ1v) is 7.66. The Kier molecular flexibility index (Phi) is 4.37. The minimum Gasteiger partial charge on any atom is -0.478 e. The minimum absolute atomic E-state index is 0.0865. The number of aromatic nitrogens is 1. The van der Waals surface area contributed by atoms with Crippen LogP contribution in [0, 0.1) is 5.92 Å². The lowest BCUT2D eigenvalue weighted by molar-refractivity contribution is 0.0696. The molecule has 1 amide bonds. The second-order valence-electron chi connectivity index (χ2n) is 5.83. The number of amides is 1. The molecule has 1 saturated heterocycles. The molecule has 0 bridgehead atoms. The van der Waals surface area contributed by atoms with Gasteiger partial charge in [-0.15, -0.1) is 0 Å². The van der Waals surface area contributed by atoms with E-state index in [9.17, 15) is 9.59 Å². The summed E-state index contributed by atoms with van der Waals surface area (Å²) < 4.78 is 0. The number of carboxylic acid groups (broad SMARTS) is 1. The van der Waals surface area contributed by atoms with E-state index in [1.807, 2.05) is 18.2 Å². The standard InChI is InChI=1S/C18H18N2O3/c21-17(16-11-15(18(22)23)6-8-19-16)20-9-7-14(12-20)10-13-4-2-1-3-5-13/h1-6,8,11,14H,7,9-10,12H2,(H,22,23). The zero-order valence-corrected chi connectivity index (χ0v) is 12.7. The van der Waals surface area contributed by atoms with Crippen LogP contribution in [0.5, 0.6) is 0 Å². The molecule has 2 heterocycles. The molecule has 5 heteroatoms. The molecule has 1 atom stereocenters. The molecular formula is C18H18N2O3. The summed E-state index contributed by atoms with van der Waals surface area (Å²) in [5, 5.41) is 9.01. The number of rotatable bonds is 4. The van der Waals surface area contributed by atoms with Crippen LogP contribution >= 0.6 is 0 Å². The van der Waals surface area contributed by atoms with Crippen molar-refractivity contribution >= 4 is 11.9 Å². The van der Waals surface area contributed by atoms with E-state index in [0.29, 0.717) is 19.0 Å². The molecule has 1 aliphatic rings. The van der Waals surface area contributed by atoms with Crippen LogP contribution in [0.3, 0.4) is 0 Å². The molecule has 0 radical (unpaired) electrons. The molecule has 1 N–H and O–H groups in total. The Labute approximate surface area is 134 Å². The van der Waals surface area contributed by atoms with Crippen LogP contribution in [-0.2, 0) is 6.42 Å². The maximum absolute atomic E-state index is 12.5. The Balaban J connectivity index is 1.65. The number of carboxylic acids is 1. The molecule has 1 aromatic heterocycles. The highest BCUT2D eigenvalue weighted by Crippen LogP contribution is 2.22. The Hall–Kier alpha value is -2.69. The maximum Gasteiger partial charge on any atom is 0.335 e. The van der Waals surface area contributed by atoms with E-state index >= 15 is 0 Å². The van der Waals surface area contributed by atoms with Crippen molar-refractivity contribution in [1.29, 1.82) is 0 Å². The Morgan fingerprint density at radius 1 is 1.22 bits per heavy atom. The Bertz CT molecular complexity index is 715. The summed E-state index contributed by atoms with van der Waals surface area (Å²) in [6.45, 7) is 1.38. The lowest BCUT2D eigenvalue weighted by Crippen LogP contribution is -2.29. The normalized spacial score (nSPS) is 17.2. The van der Waals surface area contributed by atoms with Gasteiger partial charge in [-0.05, 0) is 36.5 Å². The molecule has 1 unspecified atom stereocenters. The van der Waals surface area contributed by atoms with Crippen molar-refractivity contribution in [3.63, 3.8) is 0 Å². The number of hydrogen-bond acceptors (Lipinski definition) is 3. The fourth-order valence-corrected chi connectivity index (χ4v) is 2.97. The molecule has 118 valence electrons. The van der Waals surface area contributed by atoms with Crippen molar-refractivity contribution in [3.05, 3.63) is 65.5 Å². The smallest absolute Gasteiger partial charge is 0.335 e. The van der Waals surface area contributed by atoms with Gasteiger partial charge in [0.15, 0.2) is 0 Å². The molecule has 0 spiro atoms. The molecular weight excluding hydrogens is 292 g/mol. The Morgan fingerprint density at radius 3 is 2.74 bits per heavy atom. The van der Waals surface area contributed by atoms with Gasteiger partial charge in [0.05, 0.1) is 5.56 Å². The molecule has 0 aliphatic carbocycles. The quantitative estimate of drug-likeness (QED) is 0.942. The van der Waals surface area contributed by atoms with Gasteiger partial charge >= 0.3 is 5.97 Å². The van der Waals surface area contributed by atoms with Crippen LogP contribution in [0.2, 0.25) is 0 Å². The molecule has 1 aromatic carbocycles. The molecule has 0 saturated carbocycles. The van der Waals surface area contributed by atoms with Gasteiger partial charge in [0.2, 0.25) is 0 Å². The van der Waals surface area contributed by atoms with E-state index in [0.717, 1.165) is 12.8 Å². The van der Waals surface area contributed by atoms with Crippen molar-refractivity contribution in [2.45, 2.75) is 12.8 Å². The average molecular weight is 310 g/mol. The van der Waals surface area contributed by atoms with Gasteiger partial charge in [0.1, 0.15) is 5.69 Å². The van der Waals surface area contributed by atoms with Crippen LogP contribution in [0.1, 0.15) is 32.8 Å². The van der Waals surface area contributed by atoms with Crippen LogP contribution in [0.4, 0.5) is 0 Å². The highest BCUT2D eigenvalue weighted by molar-refractivity contribution is 5.95. The summed E-state index contributed by atoms with van der Waals surface area (Å²) in [6, 6.07) is 13.0. The number of hydrogen-bond donors (Lipinski definition) is 1. The number of pyridine rings is 1. The lowest BCUT2D eigenvalue weighted by atomic mass is 9.99. The second kappa shape index (κ2) is 6.60. The summed E-state index contributed by atoms with van der Waals surface area (Å²) in [7, 11) is 0. The van der Waals surface area contributed by atoms with Crippen molar-refractivity contribution in [1.82, 2.24) is 9.88 Å². The maximum atomic E-state index is 12.5. The van der Waals surface area contributed by atoms with Crippen molar-refractivity contribution in [2.24, 2.45) is 5.92 Å². The van der Waals surface area contributed by atoms with Gasteiger partial charge in [-0.2, -0.15) is 0 Å². The third-order valence-electron chi connectivity index (χ3n) is 4.17. The predicted molar refractivity (Wildman–Crippen MR) is 85.4 cm³/mol. The van der Waals surface area contributed by atoms with E-state index < -0.39 is 5.97 Å². The van der Waals surface area contributed by atoms with Gasteiger partial charge in [-0.25, -0.2) is 4.79 Å². The summed E-state index contributed by atoms with van der Waals surface area (Å²) in [5.41, 5.74) is 1.56. The number of benzene rings is 1. The predicted octanol–water partition coefficient (Wildman–Crippen LogP) is 2.48. The average Bonchev–Trinajstić information content (AvgIpc) is 3.03. The van der Waals surface area contributed by atoms with Gasteiger partial charge < -0.3 is 10.0 Å². The zero-order valence-electron chi connectivity index (χ0n) is 12.7. The van der Waals surface area contributed by atoms with Gasteiger partial charge in [0.25, 0.3) is 5.91 Å². The molecule has 1 aliphatic heterocycles. The van der Waals surface area contributed by atoms with Crippen LogP contribution in [-0.4, -0.2) is 40.0 Å². The fourth-order valence-electron chi connectivity index (χ4n) is 2.97. The van der Waals surface area contributed by atoms with E-state index in [1.54, 1.807) is 4.90 Å². The minimum atomic E-state index is -1.05. The molecule has 2 aromatic rings. The van der Waals surface area contributed by atoms with E-state index in [1.165, 1.54) is 23.9 Å². The first-order valence-electron chi connectivity index (χ1n) is 7.66. The number of carbonyl (C=O) groups is 2. The summed E-state index contributed by atoms with van der Waals surface area (Å²) in [6.07, 6.45) is 3.28. The van der Waals surface area contributed by atoms with Crippen LogP contribution < -0.4 is 0 Å². The topological polar surface area (TPSA) is 70.5 Å². The van der Waals surface area contributed by atoms with Crippen molar-refractivity contribution in [2.75, 3.05) is 13.1 Å². The monoisotopic (exact) mass is 310 g/mol. The fraction of sp³-hybridized carbons (Fsp3) is 0.278. The van der Waals surface area contributed by atoms with E-state index in [-0.39, 0.29) is 17.2 Å². The number of nitrogens with zero attached hydrogens (tertiary/aromatic N) is 2. The summed E-state index contributed by atoms with van der Waals surface area (Å²) >= 11 is 0. The SMILES string of the molecule is O=C(O)c1ccnc(C(=O)N2CCC(Cc3ccccc3)C2)c1. The van der Waals surface area contributed by atoms with Crippen molar-refractivity contribution < 1.29 is 14.7 Å². The molecule has 3 rings (SSSR count). The highest BCUT2D eigenvalue weighted by Gasteiger charge is 2.28. The third-order valence-corrected chi connectivity index (χ3v) is 4.17. The number of carbonyl (C=O) groups excluding carboxylic acids is 1. The van der Waals surface area contributed by atoms with Crippen LogP contribution in [0.25, 0.3) is 0 Å². The molecule has 1 fully saturated rings. The largest absolute Gasteiger partial charge is 0.478 e. The van der Waals surface area contributed by atoms with Gasteiger partial charge in [0, 0.05) is 19.3 Å². The first kappa shape index (κ1) is 15.2. The summed E-state index contributed by atoms with van der Waals surface area (Å²) in [5.74, 6) is -0.808. The molecule has 23 heavy (non-hydrogen) atoms. The lowest BCUT2D eigenvalue weighted by Gasteiger charge is -2.16. The zero-order chi connectivity index (χ0) is 16.2. The van der Waals surface area contributed by atoms with Crippen LogP contribution in [0.15, 0.2) is 48.7 Å². The Morgan fingerprint density at radius 2 is 2.00 bits per heavy atom. The first-order chi connectivity index (χ1) is 11.1. The van der Waals surface area contributed by atoms with Gasteiger partial charge in [-0.3, -0.25) is 9.78 Å². The van der Waals surface area contributed by atoms with Crippen molar-refractivity contribution in [3.8, 4) is 0 Å². The number of aromatic carboxylic acids is 1. The highest BCUT2D eigenvalue weighted by atomic mass is 16.4. The second-order valence-corrected chi connectivity index (χ2v) is 5.83. The van der Waals surface area contributed by atoms with E-state index in [4.69, 9.17) is 5.11 Å². The number of likely N-dealkylation sites (tertiary alicyclic amines) is 1. The third kappa shape index (κ3) is 3.56.